The molecule has 1 fully saturated rings. The predicted octanol–water partition coefficient (Wildman–Crippen LogP) is 2.04. The van der Waals surface area contributed by atoms with E-state index in [-0.39, 0.29) is 12.0 Å². The largest absolute Gasteiger partial charge is 0.465 e. The highest BCUT2D eigenvalue weighted by Crippen LogP contribution is 2.19. The summed E-state index contributed by atoms with van der Waals surface area (Å²) in [5, 5.41) is 3.38. The third-order valence-corrected chi connectivity index (χ3v) is 3.75. The molecule has 0 saturated carbocycles. The Morgan fingerprint density at radius 3 is 2.47 bits per heavy atom. The number of ether oxygens (including phenoxy) is 1. The van der Waals surface area contributed by atoms with Crippen LogP contribution in [-0.2, 0) is 9.53 Å². The minimum atomic E-state index is -0.606. The highest BCUT2D eigenvalue weighted by atomic mass is 16.5. The Morgan fingerprint density at radius 2 is 2.00 bits per heavy atom. The second-order valence-corrected chi connectivity index (χ2v) is 6.31. The van der Waals surface area contributed by atoms with Gasteiger partial charge in [0.05, 0.1) is 6.61 Å². The Bertz CT molecular complexity index is 286. The molecule has 4 nitrogen and oxygen atoms in total. The lowest BCUT2D eigenvalue weighted by Crippen LogP contribution is -2.60. The molecule has 0 amide bonds. The number of hydrogen-bond donors (Lipinski definition) is 1. The number of nitrogens with zero attached hydrogens (tertiary/aromatic N) is 1. The van der Waals surface area contributed by atoms with Gasteiger partial charge in [-0.2, -0.15) is 0 Å². The van der Waals surface area contributed by atoms with Crippen LogP contribution < -0.4 is 5.32 Å². The molecule has 19 heavy (non-hydrogen) atoms. The first-order valence-corrected chi connectivity index (χ1v) is 7.54. The van der Waals surface area contributed by atoms with Crippen molar-refractivity contribution in [2.24, 2.45) is 5.92 Å². The molecular formula is C15H30N2O2. The maximum atomic E-state index is 12.2. The highest BCUT2D eigenvalue weighted by molar-refractivity contribution is 5.80. The Hall–Kier alpha value is -0.610. The number of rotatable bonds is 6. The van der Waals surface area contributed by atoms with Crippen molar-refractivity contribution in [1.82, 2.24) is 10.2 Å². The molecule has 1 unspecified atom stereocenters. The van der Waals surface area contributed by atoms with Gasteiger partial charge in [-0.1, -0.05) is 6.92 Å². The van der Waals surface area contributed by atoms with Gasteiger partial charge in [0.2, 0.25) is 0 Å². The second kappa shape index (κ2) is 7.25. The first-order chi connectivity index (χ1) is 8.87. The summed E-state index contributed by atoms with van der Waals surface area (Å²) in [4.78, 5) is 14.6. The Morgan fingerprint density at radius 1 is 1.42 bits per heavy atom. The zero-order valence-corrected chi connectivity index (χ0v) is 13.2. The van der Waals surface area contributed by atoms with E-state index in [1.165, 1.54) is 12.8 Å². The smallest absolute Gasteiger partial charge is 0.327 e. The van der Waals surface area contributed by atoms with Gasteiger partial charge in [-0.05, 0) is 59.5 Å². The van der Waals surface area contributed by atoms with Crippen molar-refractivity contribution in [2.45, 2.75) is 59.0 Å². The van der Waals surface area contributed by atoms with Gasteiger partial charge >= 0.3 is 5.97 Å². The zero-order chi connectivity index (χ0) is 14.5. The number of carbonyl (C=O) groups is 1. The van der Waals surface area contributed by atoms with E-state index in [0.717, 1.165) is 25.6 Å². The fourth-order valence-electron chi connectivity index (χ4n) is 2.76. The van der Waals surface area contributed by atoms with Crippen molar-refractivity contribution < 1.29 is 9.53 Å². The Balaban J connectivity index is 2.65. The van der Waals surface area contributed by atoms with Crippen LogP contribution >= 0.6 is 0 Å². The summed E-state index contributed by atoms with van der Waals surface area (Å²) in [6.07, 6.45) is 2.45. The van der Waals surface area contributed by atoms with Gasteiger partial charge in [0.1, 0.15) is 5.54 Å². The van der Waals surface area contributed by atoms with Gasteiger partial charge in [-0.3, -0.25) is 10.1 Å². The molecule has 1 aliphatic heterocycles. The molecule has 1 heterocycles. The van der Waals surface area contributed by atoms with Crippen LogP contribution in [-0.4, -0.2) is 48.7 Å². The molecule has 4 heteroatoms. The van der Waals surface area contributed by atoms with E-state index < -0.39 is 5.54 Å². The molecule has 0 aromatic carbocycles. The number of hydrogen-bond acceptors (Lipinski definition) is 4. The van der Waals surface area contributed by atoms with E-state index in [4.69, 9.17) is 4.74 Å². The number of likely N-dealkylation sites (tertiary alicyclic amines) is 1. The molecular weight excluding hydrogens is 240 g/mol. The summed E-state index contributed by atoms with van der Waals surface area (Å²) in [5.74, 6) is 0.672. The topological polar surface area (TPSA) is 41.6 Å². The Kier molecular flexibility index (Phi) is 6.27. The maximum Gasteiger partial charge on any atom is 0.327 e. The SMILES string of the molecule is CCOC(=O)C(C)(CN1CCC(C)CC1)NC(C)C. The van der Waals surface area contributed by atoms with Gasteiger partial charge in [0, 0.05) is 12.6 Å². The van der Waals surface area contributed by atoms with Crippen molar-refractivity contribution in [3.63, 3.8) is 0 Å². The highest BCUT2D eigenvalue weighted by Gasteiger charge is 2.37. The standard InChI is InChI=1S/C15H30N2O2/c1-6-19-14(18)15(5,16-12(2)3)11-17-9-7-13(4)8-10-17/h12-13,16H,6-11H2,1-5H3. The lowest BCUT2D eigenvalue weighted by atomic mass is 9.95. The van der Waals surface area contributed by atoms with Crippen LogP contribution in [0.4, 0.5) is 0 Å². The molecule has 1 atom stereocenters. The fraction of sp³-hybridized carbons (Fsp3) is 0.933. The van der Waals surface area contributed by atoms with Crippen molar-refractivity contribution in [2.75, 3.05) is 26.2 Å². The van der Waals surface area contributed by atoms with E-state index >= 15 is 0 Å². The van der Waals surface area contributed by atoms with Crippen LogP contribution in [0.5, 0.6) is 0 Å². The summed E-state index contributed by atoms with van der Waals surface area (Å²) in [7, 11) is 0. The van der Waals surface area contributed by atoms with Gasteiger partial charge in [0.25, 0.3) is 0 Å². The summed E-state index contributed by atoms with van der Waals surface area (Å²) < 4.78 is 5.24. The van der Waals surface area contributed by atoms with Crippen molar-refractivity contribution >= 4 is 5.97 Å². The lowest BCUT2D eigenvalue weighted by Gasteiger charge is -2.38. The average Bonchev–Trinajstić information content (AvgIpc) is 2.31. The molecule has 0 aromatic heterocycles. The van der Waals surface area contributed by atoms with Crippen LogP contribution in [0.1, 0.15) is 47.5 Å². The molecule has 0 spiro atoms. The quantitative estimate of drug-likeness (QED) is 0.750. The molecule has 0 aromatic rings. The fourth-order valence-corrected chi connectivity index (χ4v) is 2.76. The Labute approximate surface area is 117 Å². The van der Waals surface area contributed by atoms with E-state index in [1.807, 2.05) is 13.8 Å². The molecule has 0 radical (unpaired) electrons. The summed E-state index contributed by atoms with van der Waals surface area (Å²) in [5.41, 5.74) is -0.606. The van der Waals surface area contributed by atoms with Crippen LogP contribution in [0.2, 0.25) is 0 Å². The summed E-state index contributed by atoms with van der Waals surface area (Å²) in [6, 6.07) is 0.262. The van der Waals surface area contributed by atoms with E-state index in [0.29, 0.717) is 6.61 Å². The monoisotopic (exact) mass is 270 g/mol. The normalized spacial score (nSPS) is 21.4. The molecule has 0 bridgehead atoms. The second-order valence-electron chi connectivity index (χ2n) is 6.31. The third-order valence-electron chi connectivity index (χ3n) is 3.75. The van der Waals surface area contributed by atoms with Crippen LogP contribution in [0.25, 0.3) is 0 Å². The van der Waals surface area contributed by atoms with Gasteiger partial charge in [-0.15, -0.1) is 0 Å². The summed E-state index contributed by atoms with van der Waals surface area (Å²) >= 11 is 0. The molecule has 112 valence electrons. The lowest BCUT2D eigenvalue weighted by molar-refractivity contribution is -0.151. The van der Waals surface area contributed by atoms with Crippen LogP contribution in [0.15, 0.2) is 0 Å². The maximum absolute atomic E-state index is 12.2. The van der Waals surface area contributed by atoms with Crippen LogP contribution in [0, 0.1) is 5.92 Å². The van der Waals surface area contributed by atoms with Crippen molar-refractivity contribution in [3.8, 4) is 0 Å². The van der Waals surface area contributed by atoms with Crippen molar-refractivity contribution in [3.05, 3.63) is 0 Å². The molecule has 1 saturated heterocycles. The summed E-state index contributed by atoms with van der Waals surface area (Å²) in [6.45, 7) is 13.6. The minimum absolute atomic E-state index is 0.137. The van der Waals surface area contributed by atoms with Crippen molar-refractivity contribution in [1.29, 1.82) is 0 Å². The number of nitrogens with one attached hydrogen (secondary N) is 1. The average molecular weight is 270 g/mol. The van der Waals surface area contributed by atoms with E-state index in [1.54, 1.807) is 0 Å². The van der Waals surface area contributed by atoms with E-state index in [2.05, 4.69) is 31.0 Å². The first-order valence-electron chi connectivity index (χ1n) is 7.54. The predicted molar refractivity (Wildman–Crippen MR) is 78.1 cm³/mol. The van der Waals surface area contributed by atoms with Crippen LogP contribution in [0.3, 0.4) is 0 Å². The van der Waals surface area contributed by atoms with Gasteiger partial charge in [0.15, 0.2) is 0 Å². The van der Waals surface area contributed by atoms with E-state index in [9.17, 15) is 4.79 Å². The number of carbonyl (C=O) groups excluding carboxylic acids is 1. The van der Waals surface area contributed by atoms with Gasteiger partial charge in [-0.25, -0.2) is 0 Å². The minimum Gasteiger partial charge on any atom is -0.465 e. The zero-order valence-electron chi connectivity index (χ0n) is 13.2. The molecule has 1 aliphatic rings. The van der Waals surface area contributed by atoms with Gasteiger partial charge < -0.3 is 9.64 Å². The molecule has 1 rings (SSSR count). The first kappa shape index (κ1) is 16.4. The number of piperidine rings is 1. The number of esters is 1. The molecule has 0 aliphatic carbocycles. The third kappa shape index (κ3) is 5.11. The molecule has 1 N–H and O–H groups in total.